The second-order valence-electron chi connectivity index (χ2n) is 3.74. The van der Waals surface area contributed by atoms with Gasteiger partial charge in [-0.3, -0.25) is 0 Å². The molecule has 0 aromatic heterocycles. The van der Waals surface area contributed by atoms with Crippen LogP contribution in [-0.4, -0.2) is 0 Å². The molecule has 0 radical (unpaired) electrons. The summed E-state index contributed by atoms with van der Waals surface area (Å²) in [5, 5.41) is 0.378. The third-order valence-corrected chi connectivity index (χ3v) is 2.56. The number of benzene rings is 2. The van der Waals surface area contributed by atoms with Gasteiger partial charge in [0.2, 0.25) is 0 Å². The lowest BCUT2D eigenvalue weighted by molar-refractivity contribution is 0.624. The number of aryl methyl sites for hydroxylation is 1. The van der Waals surface area contributed by atoms with Gasteiger partial charge in [0.1, 0.15) is 5.82 Å². The molecule has 2 heteroatoms. The summed E-state index contributed by atoms with van der Waals surface area (Å²) in [6.45, 7) is 2.01. The van der Waals surface area contributed by atoms with E-state index in [9.17, 15) is 4.39 Å². The van der Waals surface area contributed by atoms with Crippen molar-refractivity contribution in [2.75, 3.05) is 0 Å². The smallest absolute Gasteiger partial charge is 0.140 e. The zero-order chi connectivity index (χ0) is 12.3. The second kappa shape index (κ2) is 5.03. The predicted molar refractivity (Wildman–Crippen MR) is 68.6 cm³/mol. The Hall–Kier alpha value is -1.78. The molecule has 0 N–H and O–H groups in total. The Balaban J connectivity index is 2.29. The molecule has 0 fully saturated rings. The van der Waals surface area contributed by atoms with Crippen molar-refractivity contribution in [2.45, 2.75) is 6.92 Å². The van der Waals surface area contributed by atoms with E-state index in [0.29, 0.717) is 10.6 Å². The van der Waals surface area contributed by atoms with Gasteiger partial charge in [-0.15, -0.1) is 0 Å². The van der Waals surface area contributed by atoms with Crippen LogP contribution in [0.3, 0.4) is 0 Å². The maximum atomic E-state index is 13.4. The van der Waals surface area contributed by atoms with E-state index >= 15 is 0 Å². The van der Waals surface area contributed by atoms with Crippen molar-refractivity contribution in [3.8, 4) is 11.8 Å². The predicted octanol–water partition coefficient (Wildman–Crippen LogP) is 4.19. The molecule has 17 heavy (non-hydrogen) atoms. The van der Waals surface area contributed by atoms with Gasteiger partial charge in [-0.2, -0.15) is 0 Å². The summed E-state index contributed by atoms with van der Waals surface area (Å²) in [7, 11) is 0. The van der Waals surface area contributed by atoms with Gasteiger partial charge in [0.05, 0.1) is 5.56 Å². The summed E-state index contributed by atoms with van der Waals surface area (Å²) >= 11 is 5.66. The van der Waals surface area contributed by atoms with Gasteiger partial charge in [0.25, 0.3) is 0 Å². The minimum Gasteiger partial charge on any atom is -0.206 e. The Kier molecular flexibility index (Phi) is 3.46. The Morgan fingerprint density at radius 2 is 1.71 bits per heavy atom. The lowest BCUT2D eigenvalue weighted by Gasteiger charge is -1.95. The number of halogens is 2. The fourth-order valence-corrected chi connectivity index (χ4v) is 1.53. The lowest BCUT2D eigenvalue weighted by Crippen LogP contribution is -1.83. The van der Waals surface area contributed by atoms with Crippen molar-refractivity contribution in [2.24, 2.45) is 0 Å². The largest absolute Gasteiger partial charge is 0.206 e. The van der Waals surface area contributed by atoms with Crippen molar-refractivity contribution in [1.82, 2.24) is 0 Å². The van der Waals surface area contributed by atoms with Gasteiger partial charge in [-0.1, -0.05) is 41.1 Å². The fraction of sp³-hybridized carbons (Fsp3) is 0.0667. The van der Waals surface area contributed by atoms with Crippen molar-refractivity contribution in [1.29, 1.82) is 0 Å². The van der Waals surface area contributed by atoms with E-state index in [-0.39, 0.29) is 0 Å². The average Bonchev–Trinajstić information content (AvgIpc) is 2.30. The summed E-state index contributed by atoms with van der Waals surface area (Å²) in [5.41, 5.74) is 2.40. The molecule has 0 aliphatic carbocycles. The first-order valence-electron chi connectivity index (χ1n) is 5.19. The molecular formula is C15H10ClF. The molecule has 0 aliphatic heterocycles. The fourth-order valence-electron chi connectivity index (χ4n) is 1.37. The third kappa shape index (κ3) is 3.09. The van der Waals surface area contributed by atoms with E-state index in [0.717, 1.165) is 5.56 Å². The molecule has 0 heterocycles. The van der Waals surface area contributed by atoms with Gasteiger partial charge in [0.15, 0.2) is 0 Å². The highest BCUT2D eigenvalue weighted by Gasteiger charge is 1.98. The molecule has 2 aromatic rings. The topological polar surface area (TPSA) is 0 Å². The molecule has 84 valence electrons. The Bertz CT molecular complexity index is 589. The SMILES string of the molecule is Cc1ccc(C#Cc2ccc(Cl)cc2F)cc1. The normalized spacial score (nSPS) is 9.59. The van der Waals surface area contributed by atoms with Crippen LogP contribution < -0.4 is 0 Å². The first kappa shape index (κ1) is 11.7. The highest BCUT2D eigenvalue weighted by Crippen LogP contribution is 2.13. The summed E-state index contributed by atoms with van der Waals surface area (Å²) in [4.78, 5) is 0. The van der Waals surface area contributed by atoms with E-state index in [2.05, 4.69) is 11.8 Å². The second-order valence-corrected chi connectivity index (χ2v) is 4.18. The summed E-state index contributed by atoms with van der Waals surface area (Å²) in [6, 6.07) is 12.3. The quantitative estimate of drug-likeness (QED) is 0.610. The van der Waals surface area contributed by atoms with Gasteiger partial charge < -0.3 is 0 Å². The van der Waals surface area contributed by atoms with Crippen LogP contribution in [0, 0.1) is 24.6 Å². The van der Waals surface area contributed by atoms with Gasteiger partial charge in [-0.25, -0.2) is 4.39 Å². The van der Waals surface area contributed by atoms with Crippen LogP contribution in [0.15, 0.2) is 42.5 Å². The molecule has 2 rings (SSSR count). The number of hydrogen-bond donors (Lipinski definition) is 0. The van der Waals surface area contributed by atoms with Crippen LogP contribution in [-0.2, 0) is 0 Å². The lowest BCUT2D eigenvalue weighted by atomic mass is 10.1. The molecule has 0 aliphatic rings. The molecule has 0 saturated carbocycles. The van der Waals surface area contributed by atoms with Crippen LogP contribution in [0.5, 0.6) is 0 Å². The highest BCUT2D eigenvalue weighted by molar-refractivity contribution is 6.30. The minimum absolute atomic E-state index is 0.356. The van der Waals surface area contributed by atoms with Crippen LogP contribution in [0.4, 0.5) is 4.39 Å². The van der Waals surface area contributed by atoms with Crippen molar-refractivity contribution in [3.63, 3.8) is 0 Å². The molecule has 0 amide bonds. The molecular weight excluding hydrogens is 235 g/mol. The first-order valence-corrected chi connectivity index (χ1v) is 5.57. The average molecular weight is 245 g/mol. The standard InChI is InChI=1S/C15H10ClF/c1-11-2-4-12(5-3-11)6-7-13-8-9-14(16)10-15(13)17/h2-5,8-10H,1H3. The van der Waals surface area contributed by atoms with E-state index < -0.39 is 5.82 Å². The number of hydrogen-bond acceptors (Lipinski definition) is 0. The molecule has 0 unspecified atom stereocenters. The van der Waals surface area contributed by atoms with Gasteiger partial charge >= 0.3 is 0 Å². The van der Waals surface area contributed by atoms with Crippen molar-refractivity contribution < 1.29 is 4.39 Å². The Morgan fingerprint density at radius 1 is 1.00 bits per heavy atom. The minimum atomic E-state index is -0.392. The zero-order valence-electron chi connectivity index (χ0n) is 9.30. The van der Waals surface area contributed by atoms with Crippen LogP contribution in [0.2, 0.25) is 5.02 Å². The van der Waals surface area contributed by atoms with Crippen molar-refractivity contribution >= 4 is 11.6 Å². The Labute approximate surface area is 105 Å². The Morgan fingerprint density at radius 3 is 2.35 bits per heavy atom. The molecule has 0 bridgehead atoms. The van der Waals surface area contributed by atoms with Gasteiger partial charge in [0, 0.05) is 10.6 Å². The molecule has 0 nitrogen and oxygen atoms in total. The molecule has 0 spiro atoms. The summed E-state index contributed by atoms with van der Waals surface area (Å²) in [5.74, 6) is 5.32. The summed E-state index contributed by atoms with van der Waals surface area (Å²) in [6.07, 6.45) is 0. The number of rotatable bonds is 0. The van der Waals surface area contributed by atoms with Crippen molar-refractivity contribution in [3.05, 3.63) is 70.0 Å². The third-order valence-electron chi connectivity index (χ3n) is 2.32. The van der Waals surface area contributed by atoms with E-state index in [1.54, 1.807) is 12.1 Å². The maximum Gasteiger partial charge on any atom is 0.140 e. The molecule has 0 atom stereocenters. The molecule has 2 aromatic carbocycles. The molecule has 0 saturated heterocycles. The van der Waals surface area contributed by atoms with E-state index in [4.69, 9.17) is 11.6 Å². The monoisotopic (exact) mass is 244 g/mol. The zero-order valence-corrected chi connectivity index (χ0v) is 10.1. The van der Waals surface area contributed by atoms with E-state index in [1.807, 2.05) is 31.2 Å². The van der Waals surface area contributed by atoms with E-state index in [1.165, 1.54) is 11.6 Å². The highest BCUT2D eigenvalue weighted by atomic mass is 35.5. The van der Waals surface area contributed by atoms with Crippen LogP contribution in [0.25, 0.3) is 0 Å². The van der Waals surface area contributed by atoms with Gasteiger partial charge in [-0.05, 0) is 37.3 Å². The maximum absolute atomic E-state index is 13.4. The first-order chi connectivity index (χ1) is 8.15. The van der Waals surface area contributed by atoms with Crippen LogP contribution >= 0.6 is 11.6 Å². The summed E-state index contributed by atoms with van der Waals surface area (Å²) < 4.78 is 13.4. The van der Waals surface area contributed by atoms with Crippen LogP contribution in [0.1, 0.15) is 16.7 Å².